The number of carboxylic acids is 1. The molecule has 0 unspecified atom stereocenters. The highest BCUT2D eigenvalue weighted by Crippen LogP contribution is 1.99. The average molecular weight is 164 g/mol. The lowest BCUT2D eigenvalue weighted by molar-refractivity contribution is -0.304. The molecule has 0 fully saturated rings. The Bertz CT molecular complexity index is 294. The van der Waals surface area contributed by atoms with E-state index in [9.17, 15) is 14.7 Å². The van der Waals surface area contributed by atoms with Gasteiger partial charge < -0.3 is 9.90 Å². The maximum atomic E-state index is 11.0. The van der Waals surface area contributed by atoms with E-state index < -0.39 is 18.2 Å². The maximum Gasteiger partial charge on any atom is 0.168 e. The second-order valence-corrected chi connectivity index (χ2v) is 2.21. The molecule has 4 nitrogen and oxygen atoms in total. The first-order valence-electron chi connectivity index (χ1n) is 3.33. The Morgan fingerprint density at radius 3 is 2.42 bits per heavy atom. The second-order valence-electron chi connectivity index (χ2n) is 2.21. The van der Waals surface area contributed by atoms with Crippen LogP contribution in [-0.4, -0.2) is 16.7 Å². The third kappa shape index (κ3) is 2.16. The molecule has 0 saturated heterocycles. The maximum absolute atomic E-state index is 11.0. The molecule has 0 N–H and O–H groups in total. The van der Waals surface area contributed by atoms with E-state index in [1.165, 1.54) is 24.5 Å². The van der Waals surface area contributed by atoms with E-state index in [2.05, 4.69) is 4.98 Å². The van der Waals surface area contributed by atoms with Gasteiger partial charge in [-0.1, -0.05) is 0 Å². The van der Waals surface area contributed by atoms with Gasteiger partial charge in [-0.15, -0.1) is 0 Å². The zero-order valence-electron chi connectivity index (χ0n) is 6.19. The quantitative estimate of drug-likeness (QED) is 0.442. The van der Waals surface area contributed by atoms with E-state index in [0.29, 0.717) is 5.56 Å². The topological polar surface area (TPSA) is 70.1 Å². The van der Waals surface area contributed by atoms with Crippen LogP contribution in [0.15, 0.2) is 24.5 Å². The molecule has 0 aliphatic rings. The van der Waals surface area contributed by atoms with Gasteiger partial charge in [-0.2, -0.15) is 0 Å². The lowest BCUT2D eigenvalue weighted by atomic mass is 10.1. The zero-order chi connectivity index (χ0) is 8.97. The standard InChI is InChI=1S/C8H7NO3/c10-7(5-8(11)12)6-1-3-9-4-2-6/h1-4H,5H2,(H,11,12)/p-1. The van der Waals surface area contributed by atoms with Gasteiger partial charge in [0.1, 0.15) is 0 Å². The minimum Gasteiger partial charge on any atom is -0.550 e. The summed E-state index contributed by atoms with van der Waals surface area (Å²) in [6.45, 7) is 0. The summed E-state index contributed by atoms with van der Waals surface area (Å²) in [5.41, 5.74) is 0.342. The number of hydrogen-bond acceptors (Lipinski definition) is 4. The van der Waals surface area contributed by atoms with E-state index in [1.54, 1.807) is 0 Å². The molecule has 0 saturated carbocycles. The van der Waals surface area contributed by atoms with Gasteiger partial charge in [0, 0.05) is 23.9 Å². The van der Waals surface area contributed by atoms with Gasteiger partial charge in [0.25, 0.3) is 0 Å². The van der Waals surface area contributed by atoms with Crippen LogP contribution in [0.5, 0.6) is 0 Å². The number of rotatable bonds is 3. The lowest BCUT2D eigenvalue weighted by Gasteiger charge is -1.99. The van der Waals surface area contributed by atoms with Gasteiger partial charge in [-0.05, 0) is 12.1 Å². The van der Waals surface area contributed by atoms with Crippen molar-refractivity contribution in [3.8, 4) is 0 Å². The Kier molecular flexibility index (Phi) is 2.53. The van der Waals surface area contributed by atoms with Crippen molar-refractivity contribution in [2.75, 3.05) is 0 Å². The summed E-state index contributed by atoms with van der Waals surface area (Å²) in [6.07, 6.45) is 2.29. The molecule has 1 aromatic heterocycles. The molecule has 12 heavy (non-hydrogen) atoms. The number of aromatic nitrogens is 1. The lowest BCUT2D eigenvalue weighted by Crippen LogP contribution is -2.25. The number of aliphatic carboxylic acids is 1. The minimum absolute atomic E-state index is 0.342. The smallest absolute Gasteiger partial charge is 0.168 e. The van der Waals surface area contributed by atoms with E-state index in [-0.39, 0.29) is 0 Å². The molecular weight excluding hydrogens is 158 g/mol. The predicted molar refractivity (Wildman–Crippen MR) is 38.2 cm³/mol. The minimum atomic E-state index is -1.36. The van der Waals surface area contributed by atoms with Crippen molar-refractivity contribution in [3.05, 3.63) is 30.1 Å². The van der Waals surface area contributed by atoms with Crippen LogP contribution in [0, 0.1) is 0 Å². The first-order chi connectivity index (χ1) is 5.70. The van der Waals surface area contributed by atoms with Crippen LogP contribution in [-0.2, 0) is 4.79 Å². The average Bonchev–Trinajstić information content (AvgIpc) is 2.05. The molecule has 0 atom stereocenters. The van der Waals surface area contributed by atoms with Gasteiger partial charge >= 0.3 is 0 Å². The third-order valence-corrected chi connectivity index (χ3v) is 1.31. The molecule has 0 aromatic carbocycles. The third-order valence-electron chi connectivity index (χ3n) is 1.31. The van der Waals surface area contributed by atoms with E-state index in [1.807, 2.05) is 0 Å². The molecular formula is C8H6NO3-. The highest BCUT2D eigenvalue weighted by molar-refractivity contribution is 6.04. The van der Waals surface area contributed by atoms with Crippen molar-refractivity contribution in [3.63, 3.8) is 0 Å². The van der Waals surface area contributed by atoms with Crippen LogP contribution < -0.4 is 5.11 Å². The van der Waals surface area contributed by atoms with E-state index in [4.69, 9.17) is 0 Å². The molecule has 0 amide bonds. The molecule has 1 aromatic rings. The van der Waals surface area contributed by atoms with Crippen LogP contribution in [0.1, 0.15) is 16.8 Å². The molecule has 0 radical (unpaired) electrons. The van der Waals surface area contributed by atoms with Crippen LogP contribution >= 0.6 is 0 Å². The summed E-state index contributed by atoms with van der Waals surface area (Å²) in [4.78, 5) is 24.7. The number of ketones is 1. The van der Waals surface area contributed by atoms with Crippen molar-refractivity contribution >= 4 is 11.8 Å². The van der Waals surface area contributed by atoms with Crippen molar-refractivity contribution in [1.29, 1.82) is 0 Å². The van der Waals surface area contributed by atoms with Crippen LogP contribution in [0.3, 0.4) is 0 Å². The summed E-state index contributed by atoms with van der Waals surface area (Å²) >= 11 is 0. The van der Waals surface area contributed by atoms with Crippen LogP contribution in [0.25, 0.3) is 0 Å². The molecule has 0 spiro atoms. The van der Waals surface area contributed by atoms with Gasteiger partial charge in [0.15, 0.2) is 5.78 Å². The number of nitrogens with zero attached hydrogens (tertiary/aromatic N) is 1. The number of carboxylic acid groups (broad SMARTS) is 1. The fourth-order valence-corrected chi connectivity index (χ4v) is 0.771. The number of carbonyl (C=O) groups excluding carboxylic acids is 2. The zero-order valence-corrected chi connectivity index (χ0v) is 6.19. The van der Waals surface area contributed by atoms with Crippen LogP contribution in [0.2, 0.25) is 0 Å². The Hall–Kier alpha value is -1.71. The number of pyridine rings is 1. The van der Waals surface area contributed by atoms with Crippen molar-refractivity contribution in [2.45, 2.75) is 6.42 Å². The SMILES string of the molecule is O=C([O-])CC(=O)c1ccncc1. The van der Waals surface area contributed by atoms with Gasteiger partial charge in [-0.3, -0.25) is 9.78 Å². The number of Topliss-reactive ketones (excluding diaryl/α,β-unsaturated/α-hetero) is 1. The Labute approximate surface area is 68.9 Å². The molecule has 1 heterocycles. The van der Waals surface area contributed by atoms with Gasteiger partial charge in [0.05, 0.1) is 6.42 Å². The van der Waals surface area contributed by atoms with Gasteiger partial charge in [0.2, 0.25) is 0 Å². The van der Waals surface area contributed by atoms with Crippen LogP contribution in [0.4, 0.5) is 0 Å². The summed E-state index contributed by atoms with van der Waals surface area (Å²) < 4.78 is 0. The highest BCUT2D eigenvalue weighted by Gasteiger charge is 2.03. The summed E-state index contributed by atoms with van der Waals surface area (Å²) in [5, 5.41) is 10.0. The Morgan fingerprint density at radius 2 is 1.92 bits per heavy atom. The fourth-order valence-electron chi connectivity index (χ4n) is 0.771. The predicted octanol–water partition coefficient (Wildman–Crippen LogP) is -0.596. The number of hydrogen-bond donors (Lipinski definition) is 0. The highest BCUT2D eigenvalue weighted by atomic mass is 16.4. The largest absolute Gasteiger partial charge is 0.550 e. The molecule has 0 bridgehead atoms. The van der Waals surface area contributed by atoms with E-state index in [0.717, 1.165) is 0 Å². The summed E-state index contributed by atoms with van der Waals surface area (Å²) in [6, 6.07) is 2.93. The first kappa shape index (κ1) is 8.39. The monoisotopic (exact) mass is 164 g/mol. The van der Waals surface area contributed by atoms with Crippen molar-refractivity contribution in [1.82, 2.24) is 4.98 Å². The molecule has 1 rings (SSSR count). The van der Waals surface area contributed by atoms with E-state index >= 15 is 0 Å². The number of carbonyl (C=O) groups is 2. The summed E-state index contributed by atoms with van der Waals surface area (Å²) in [7, 11) is 0. The molecule has 0 aliphatic heterocycles. The summed E-state index contributed by atoms with van der Waals surface area (Å²) in [5.74, 6) is -1.82. The first-order valence-corrected chi connectivity index (χ1v) is 3.33. The fraction of sp³-hybridized carbons (Fsp3) is 0.125. The van der Waals surface area contributed by atoms with Crippen molar-refractivity contribution in [2.24, 2.45) is 0 Å². The Balaban J connectivity index is 2.73. The molecule has 62 valence electrons. The Morgan fingerprint density at radius 1 is 1.33 bits per heavy atom. The molecule has 4 heteroatoms. The second kappa shape index (κ2) is 3.61. The van der Waals surface area contributed by atoms with Gasteiger partial charge in [-0.25, -0.2) is 0 Å². The normalized spacial score (nSPS) is 9.33. The van der Waals surface area contributed by atoms with Crippen molar-refractivity contribution < 1.29 is 14.7 Å². The molecule has 0 aliphatic carbocycles.